The second kappa shape index (κ2) is 6.66. The average molecular weight is 352 g/mol. The predicted molar refractivity (Wildman–Crippen MR) is 99.3 cm³/mol. The van der Waals surface area contributed by atoms with Crippen molar-refractivity contribution in [3.8, 4) is 5.75 Å². The summed E-state index contributed by atoms with van der Waals surface area (Å²) in [5.74, 6) is 0.719. The van der Waals surface area contributed by atoms with E-state index in [1.54, 1.807) is 0 Å². The Balaban J connectivity index is 1.49. The number of nitrogens with zero attached hydrogens (tertiary/aromatic N) is 2. The summed E-state index contributed by atoms with van der Waals surface area (Å²) in [6.07, 6.45) is 0.661. The van der Waals surface area contributed by atoms with Crippen molar-refractivity contribution in [1.29, 1.82) is 0 Å². The van der Waals surface area contributed by atoms with Gasteiger partial charge in [-0.1, -0.05) is 36.4 Å². The second-order valence-corrected chi connectivity index (χ2v) is 6.70. The van der Waals surface area contributed by atoms with Crippen LogP contribution in [0, 0.1) is 0 Å². The summed E-state index contributed by atoms with van der Waals surface area (Å²) in [5.41, 5.74) is 0.553. The summed E-state index contributed by atoms with van der Waals surface area (Å²) in [4.78, 5) is 16.6. The molecule has 0 bridgehead atoms. The highest BCUT2D eigenvalue weighted by molar-refractivity contribution is 7.17. The lowest BCUT2D eigenvalue weighted by atomic mass is 10.1. The molecule has 0 aliphatic heterocycles. The van der Waals surface area contributed by atoms with Gasteiger partial charge >= 0.3 is 0 Å². The molecule has 5 nitrogen and oxygen atoms in total. The third kappa shape index (κ3) is 3.14. The lowest BCUT2D eigenvalue weighted by molar-refractivity contribution is 0.0922. The van der Waals surface area contributed by atoms with E-state index in [1.165, 1.54) is 22.2 Å². The smallest absolute Gasteiger partial charge is 0.271 e. The fourth-order valence-electron chi connectivity index (χ4n) is 2.80. The number of aromatic nitrogens is 2. The Bertz CT molecular complexity index is 1080. The summed E-state index contributed by atoms with van der Waals surface area (Å²) in [5, 5.41) is 14.2. The average Bonchev–Trinajstić information content (AvgIpc) is 3.12. The van der Waals surface area contributed by atoms with Crippen LogP contribution in [0.3, 0.4) is 0 Å². The van der Waals surface area contributed by atoms with Crippen molar-refractivity contribution in [1.82, 2.24) is 9.55 Å². The number of aliphatic hydroxyl groups excluding tert-OH is 1. The van der Waals surface area contributed by atoms with Crippen LogP contribution in [0.1, 0.15) is 0 Å². The Morgan fingerprint density at radius 1 is 1.16 bits per heavy atom. The molecule has 0 aliphatic carbocycles. The fourth-order valence-corrected chi connectivity index (χ4v) is 3.59. The van der Waals surface area contributed by atoms with Crippen LogP contribution in [0.2, 0.25) is 0 Å². The van der Waals surface area contributed by atoms with Gasteiger partial charge in [0.15, 0.2) is 0 Å². The number of hydrogen-bond donors (Lipinski definition) is 1. The quantitative estimate of drug-likeness (QED) is 0.600. The third-order valence-corrected chi connectivity index (χ3v) is 4.92. The molecule has 126 valence electrons. The molecule has 1 N–H and O–H groups in total. The van der Waals surface area contributed by atoms with Gasteiger partial charge < -0.3 is 9.84 Å². The van der Waals surface area contributed by atoms with Crippen molar-refractivity contribution < 1.29 is 9.84 Å². The van der Waals surface area contributed by atoms with Gasteiger partial charge in [-0.3, -0.25) is 9.36 Å². The van der Waals surface area contributed by atoms with Gasteiger partial charge in [0.1, 0.15) is 23.2 Å². The second-order valence-electron chi connectivity index (χ2n) is 5.78. The van der Waals surface area contributed by atoms with E-state index in [2.05, 4.69) is 4.98 Å². The molecule has 2 aromatic heterocycles. The zero-order valence-electron chi connectivity index (χ0n) is 13.3. The van der Waals surface area contributed by atoms with Crippen molar-refractivity contribution in [2.75, 3.05) is 6.61 Å². The van der Waals surface area contributed by atoms with Crippen molar-refractivity contribution >= 4 is 32.3 Å². The largest absolute Gasteiger partial charge is 0.490 e. The molecule has 0 radical (unpaired) electrons. The van der Waals surface area contributed by atoms with Crippen molar-refractivity contribution in [3.05, 3.63) is 70.6 Å². The molecule has 2 aromatic carbocycles. The standard InChI is InChI=1S/C19H16N2O3S/c22-14(10-21-12-20-16-8-9-25-18(16)19(21)23)11-24-17-7-3-5-13-4-1-2-6-15(13)17/h1-9,12,14,22H,10-11H2. The highest BCUT2D eigenvalue weighted by atomic mass is 32.1. The maximum Gasteiger partial charge on any atom is 0.271 e. The van der Waals surface area contributed by atoms with Gasteiger partial charge in [-0.15, -0.1) is 11.3 Å². The summed E-state index contributed by atoms with van der Waals surface area (Å²) in [6.45, 7) is 0.243. The van der Waals surface area contributed by atoms with E-state index in [9.17, 15) is 9.90 Å². The maximum absolute atomic E-state index is 12.4. The SMILES string of the molecule is O=c1c2sccc2ncn1CC(O)COc1cccc2ccccc12. The van der Waals surface area contributed by atoms with E-state index in [0.29, 0.717) is 10.2 Å². The Hall–Kier alpha value is -2.70. The number of rotatable bonds is 5. The third-order valence-electron chi connectivity index (χ3n) is 4.02. The van der Waals surface area contributed by atoms with Crippen LogP contribution in [0.4, 0.5) is 0 Å². The number of ether oxygens (including phenoxy) is 1. The van der Waals surface area contributed by atoms with Crippen LogP contribution in [0.15, 0.2) is 65.0 Å². The number of benzene rings is 2. The molecule has 0 fully saturated rings. The van der Waals surface area contributed by atoms with Crippen molar-refractivity contribution in [3.63, 3.8) is 0 Å². The number of fused-ring (bicyclic) bond motifs is 2. The van der Waals surface area contributed by atoms with Crippen LogP contribution < -0.4 is 10.3 Å². The fraction of sp³-hybridized carbons (Fsp3) is 0.158. The highest BCUT2D eigenvalue weighted by Crippen LogP contribution is 2.25. The molecule has 0 saturated heterocycles. The molecule has 4 aromatic rings. The molecular formula is C19H16N2O3S. The Kier molecular flexibility index (Phi) is 4.21. The lowest BCUT2D eigenvalue weighted by Gasteiger charge is -2.15. The van der Waals surface area contributed by atoms with E-state index in [4.69, 9.17) is 4.74 Å². The molecule has 25 heavy (non-hydrogen) atoms. The van der Waals surface area contributed by atoms with E-state index in [0.717, 1.165) is 16.5 Å². The molecule has 1 unspecified atom stereocenters. The Morgan fingerprint density at radius 3 is 2.92 bits per heavy atom. The van der Waals surface area contributed by atoms with E-state index < -0.39 is 6.10 Å². The van der Waals surface area contributed by atoms with Crippen LogP contribution in [0.25, 0.3) is 21.0 Å². The molecule has 4 rings (SSSR count). The Morgan fingerprint density at radius 2 is 2.00 bits per heavy atom. The van der Waals surface area contributed by atoms with Crippen LogP contribution in [-0.2, 0) is 6.54 Å². The lowest BCUT2D eigenvalue weighted by Crippen LogP contribution is -2.30. The zero-order chi connectivity index (χ0) is 17.2. The minimum atomic E-state index is -0.809. The molecule has 0 spiro atoms. The van der Waals surface area contributed by atoms with Gasteiger partial charge in [-0.2, -0.15) is 0 Å². The topological polar surface area (TPSA) is 64.4 Å². The van der Waals surface area contributed by atoms with Gasteiger partial charge in [0, 0.05) is 5.39 Å². The summed E-state index contributed by atoms with van der Waals surface area (Å²) in [7, 11) is 0. The summed E-state index contributed by atoms with van der Waals surface area (Å²) >= 11 is 1.36. The van der Waals surface area contributed by atoms with Gasteiger partial charge in [0.2, 0.25) is 0 Å². The zero-order valence-corrected chi connectivity index (χ0v) is 14.1. The number of hydrogen-bond acceptors (Lipinski definition) is 5. The maximum atomic E-state index is 12.4. The normalized spacial score (nSPS) is 12.5. The minimum absolute atomic E-state index is 0.100. The first-order valence-electron chi connectivity index (χ1n) is 7.93. The van der Waals surface area contributed by atoms with Crippen LogP contribution in [-0.4, -0.2) is 27.4 Å². The molecule has 0 aliphatic rings. The van der Waals surface area contributed by atoms with Crippen LogP contribution >= 0.6 is 11.3 Å². The summed E-state index contributed by atoms with van der Waals surface area (Å²) in [6, 6.07) is 15.5. The van der Waals surface area contributed by atoms with Gasteiger partial charge in [0.25, 0.3) is 5.56 Å². The Labute approximate surface area is 147 Å². The van der Waals surface area contributed by atoms with E-state index in [1.807, 2.05) is 53.9 Å². The van der Waals surface area contributed by atoms with Crippen LogP contribution in [0.5, 0.6) is 5.75 Å². The first kappa shape index (κ1) is 15.8. The molecular weight excluding hydrogens is 336 g/mol. The van der Waals surface area contributed by atoms with Crippen molar-refractivity contribution in [2.24, 2.45) is 0 Å². The van der Waals surface area contributed by atoms with Gasteiger partial charge in [0.05, 0.1) is 18.4 Å². The number of aliphatic hydroxyl groups is 1. The first-order chi connectivity index (χ1) is 12.2. The van der Waals surface area contributed by atoms with Gasteiger partial charge in [-0.05, 0) is 22.9 Å². The highest BCUT2D eigenvalue weighted by Gasteiger charge is 2.11. The van der Waals surface area contributed by atoms with Crippen molar-refractivity contribution in [2.45, 2.75) is 12.6 Å². The molecule has 0 amide bonds. The minimum Gasteiger partial charge on any atom is -0.490 e. The molecule has 1 atom stereocenters. The van der Waals surface area contributed by atoms with E-state index in [-0.39, 0.29) is 18.7 Å². The molecule has 6 heteroatoms. The predicted octanol–water partition coefficient (Wildman–Crippen LogP) is 3.05. The van der Waals surface area contributed by atoms with E-state index >= 15 is 0 Å². The summed E-state index contributed by atoms with van der Waals surface area (Å²) < 4.78 is 7.81. The molecule has 2 heterocycles. The number of thiophene rings is 1. The van der Waals surface area contributed by atoms with Gasteiger partial charge in [-0.25, -0.2) is 4.98 Å². The molecule has 0 saturated carbocycles. The monoisotopic (exact) mass is 352 g/mol. The first-order valence-corrected chi connectivity index (χ1v) is 8.81.